The molecular formula is C19H26N2O4. The zero-order valence-corrected chi connectivity index (χ0v) is 14.7. The van der Waals surface area contributed by atoms with Crippen molar-refractivity contribution in [1.29, 1.82) is 0 Å². The number of aliphatic hydroxyl groups excluding tert-OH is 1. The van der Waals surface area contributed by atoms with Gasteiger partial charge in [-0.05, 0) is 43.0 Å². The van der Waals surface area contributed by atoms with Crippen LogP contribution in [-0.4, -0.2) is 66.2 Å². The van der Waals surface area contributed by atoms with Crippen LogP contribution in [0.2, 0.25) is 0 Å². The lowest BCUT2D eigenvalue weighted by Gasteiger charge is -2.37. The van der Waals surface area contributed by atoms with Gasteiger partial charge in [0.15, 0.2) is 0 Å². The fourth-order valence-electron chi connectivity index (χ4n) is 3.74. The molecule has 1 amide bonds. The van der Waals surface area contributed by atoms with Gasteiger partial charge in [0.25, 0.3) is 0 Å². The highest BCUT2D eigenvalue weighted by molar-refractivity contribution is 5.86. The standard InChI is InChI=1S/C19H26N2O4/c1-25-19(24)17-10-15-4-2-3-5-16(15)11-21(17)18(23)12-20-8-6-14(13-22)7-9-20/h2-5,14,17,22H,6-13H2,1H3. The van der Waals surface area contributed by atoms with Gasteiger partial charge in [0, 0.05) is 19.6 Å². The van der Waals surface area contributed by atoms with E-state index in [1.165, 1.54) is 7.11 Å². The van der Waals surface area contributed by atoms with Crippen molar-refractivity contribution in [3.63, 3.8) is 0 Å². The van der Waals surface area contributed by atoms with E-state index in [1.807, 2.05) is 24.3 Å². The third-order valence-corrected chi connectivity index (χ3v) is 5.37. The zero-order valence-electron chi connectivity index (χ0n) is 14.7. The van der Waals surface area contributed by atoms with E-state index in [-0.39, 0.29) is 18.5 Å². The van der Waals surface area contributed by atoms with Gasteiger partial charge in [-0.15, -0.1) is 0 Å². The van der Waals surface area contributed by atoms with E-state index in [2.05, 4.69) is 4.90 Å². The first kappa shape index (κ1) is 17.9. The Hall–Kier alpha value is -1.92. The van der Waals surface area contributed by atoms with E-state index >= 15 is 0 Å². The number of hydrogen-bond donors (Lipinski definition) is 1. The molecule has 2 aliphatic rings. The van der Waals surface area contributed by atoms with Crippen LogP contribution in [0.25, 0.3) is 0 Å². The molecule has 1 atom stereocenters. The first-order valence-electron chi connectivity index (χ1n) is 8.89. The van der Waals surface area contributed by atoms with Crippen molar-refractivity contribution in [1.82, 2.24) is 9.80 Å². The number of likely N-dealkylation sites (tertiary alicyclic amines) is 1. The molecule has 6 nitrogen and oxygen atoms in total. The molecule has 0 aliphatic carbocycles. The maximum Gasteiger partial charge on any atom is 0.328 e. The minimum atomic E-state index is -0.553. The lowest BCUT2D eigenvalue weighted by molar-refractivity contribution is -0.154. The first-order valence-corrected chi connectivity index (χ1v) is 8.89. The zero-order chi connectivity index (χ0) is 17.8. The number of rotatable bonds is 4. The van der Waals surface area contributed by atoms with Crippen molar-refractivity contribution in [2.24, 2.45) is 5.92 Å². The number of hydrogen-bond acceptors (Lipinski definition) is 5. The van der Waals surface area contributed by atoms with Gasteiger partial charge < -0.3 is 14.7 Å². The number of methoxy groups -OCH3 is 1. The Balaban J connectivity index is 1.70. The molecule has 1 unspecified atom stereocenters. The molecule has 1 aromatic carbocycles. The van der Waals surface area contributed by atoms with E-state index in [1.54, 1.807) is 4.90 Å². The van der Waals surface area contributed by atoms with Gasteiger partial charge in [0.05, 0.1) is 13.7 Å². The Kier molecular flexibility index (Phi) is 5.71. The van der Waals surface area contributed by atoms with Gasteiger partial charge in [-0.3, -0.25) is 9.69 Å². The molecule has 6 heteroatoms. The van der Waals surface area contributed by atoms with Crippen molar-refractivity contribution >= 4 is 11.9 Å². The lowest BCUT2D eigenvalue weighted by atomic mass is 9.93. The molecule has 0 spiro atoms. The predicted molar refractivity (Wildman–Crippen MR) is 92.7 cm³/mol. The number of benzene rings is 1. The number of nitrogens with zero attached hydrogens (tertiary/aromatic N) is 2. The number of piperidine rings is 1. The molecule has 1 N–H and O–H groups in total. The average Bonchev–Trinajstić information content (AvgIpc) is 2.66. The predicted octanol–water partition coefficient (Wildman–Crippen LogP) is 0.817. The van der Waals surface area contributed by atoms with Gasteiger partial charge in [-0.25, -0.2) is 4.79 Å². The summed E-state index contributed by atoms with van der Waals surface area (Å²) in [6.07, 6.45) is 2.32. The molecule has 136 valence electrons. The molecule has 1 aromatic rings. The maximum absolute atomic E-state index is 12.9. The smallest absolute Gasteiger partial charge is 0.328 e. The number of amides is 1. The summed E-state index contributed by atoms with van der Waals surface area (Å²) in [7, 11) is 1.37. The Labute approximate surface area is 148 Å². The van der Waals surface area contributed by atoms with Crippen LogP contribution >= 0.6 is 0 Å². The fourth-order valence-corrected chi connectivity index (χ4v) is 3.74. The van der Waals surface area contributed by atoms with Crippen LogP contribution in [0.1, 0.15) is 24.0 Å². The third kappa shape index (κ3) is 4.02. The molecule has 2 aliphatic heterocycles. The van der Waals surface area contributed by atoms with Crippen molar-refractivity contribution in [2.45, 2.75) is 31.8 Å². The topological polar surface area (TPSA) is 70.1 Å². The molecule has 3 rings (SSSR count). The SMILES string of the molecule is COC(=O)C1Cc2ccccc2CN1C(=O)CN1CCC(CO)CC1. The lowest BCUT2D eigenvalue weighted by Crippen LogP contribution is -2.52. The van der Waals surface area contributed by atoms with Crippen molar-refractivity contribution in [3.8, 4) is 0 Å². The number of esters is 1. The number of fused-ring (bicyclic) bond motifs is 1. The van der Waals surface area contributed by atoms with Crippen molar-refractivity contribution < 1.29 is 19.4 Å². The van der Waals surface area contributed by atoms with Crippen LogP contribution in [0.15, 0.2) is 24.3 Å². The van der Waals surface area contributed by atoms with Crippen molar-refractivity contribution in [3.05, 3.63) is 35.4 Å². The van der Waals surface area contributed by atoms with Crippen LogP contribution in [0.5, 0.6) is 0 Å². The Morgan fingerprint density at radius 1 is 1.20 bits per heavy atom. The van der Waals surface area contributed by atoms with Crippen LogP contribution in [0.4, 0.5) is 0 Å². The molecule has 0 aromatic heterocycles. The molecule has 1 fully saturated rings. The first-order chi connectivity index (χ1) is 12.1. The molecule has 0 bridgehead atoms. The van der Waals surface area contributed by atoms with Gasteiger partial charge >= 0.3 is 5.97 Å². The fraction of sp³-hybridized carbons (Fsp3) is 0.579. The highest BCUT2D eigenvalue weighted by Crippen LogP contribution is 2.25. The Morgan fingerprint density at radius 3 is 2.52 bits per heavy atom. The van der Waals surface area contributed by atoms with Gasteiger partial charge in [0.2, 0.25) is 5.91 Å². The van der Waals surface area contributed by atoms with Crippen LogP contribution in [0, 0.1) is 5.92 Å². The molecule has 1 saturated heterocycles. The molecule has 25 heavy (non-hydrogen) atoms. The van der Waals surface area contributed by atoms with E-state index in [0.717, 1.165) is 37.1 Å². The third-order valence-electron chi connectivity index (χ3n) is 5.37. The average molecular weight is 346 g/mol. The summed E-state index contributed by atoms with van der Waals surface area (Å²) in [4.78, 5) is 28.9. The second-order valence-electron chi connectivity index (χ2n) is 6.94. The monoisotopic (exact) mass is 346 g/mol. The highest BCUT2D eigenvalue weighted by atomic mass is 16.5. The normalized spacial score (nSPS) is 21.7. The van der Waals surface area contributed by atoms with E-state index in [9.17, 15) is 14.7 Å². The van der Waals surface area contributed by atoms with E-state index in [0.29, 0.717) is 25.4 Å². The minimum absolute atomic E-state index is 0.0349. The molecule has 0 radical (unpaired) electrons. The second kappa shape index (κ2) is 7.97. The summed E-state index contributed by atoms with van der Waals surface area (Å²) in [6.45, 7) is 2.60. The van der Waals surface area contributed by atoms with Crippen LogP contribution < -0.4 is 0 Å². The number of carbonyl (C=O) groups is 2. The van der Waals surface area contributed by atoms with E-state index in [4.69, 9.17) is 4.74 Å². The summed E-state index contributed by atoms with van der Waals surface area (Å²) in [5.74, 6) is -0.0507. The summed E-state index contributed by atoms with van der Waals surface area (Å²) in [6, 6.07) is 7.38. The number of carbonyl (C=O) groups excluding carboxylic acids is 2. The largest absolute Gasteiger partial charge is 0.467 e. The summed E-state index contributed by atoms with van der Waals surface area (Å²) in [5, 5.41) is 9.23. The number of aliphatic hydroxyl groups is 1. The second-order valence-corrected chi connectivity index (χ2v) is 6.94. The van der Waals surface area contributed by atoms with Crippen LogP contribution in [0.3, 0.4) is 0 Å². The van der Waals surface area contributed by atoms with E-state index < -0.39 is 6.04 Å². The Bertz CT molecular complexity index is 626. The Morgan fingerprint density at radius 2 is 1.88 bits per heavy atom. The van der Waals surface area contributed by atoms with Crippen molar-refractivity contribution in [2.75, 3.05) is 33.4 Å². The molecule has 0 saturated carbocycles. The molecule has 2 heterocycles. The quantitative estimate of drug-likeness (QED) is 0.818. The molecular weight excluding hydrogens is 320 g/mol. The summed E-state index contributed by atoms with van der Waals surface area (Å²) in [5.41, 5.74) is 2.20. The van der Waals surface area contributed by atoms with Gasteiger partial charge in [0.1, 0.15) is 6.04 Å². The van der Waals surface area contributed by atoms with Gasteiger partial charge in [-0.1, -0.05) is 24.3 Å². The highest BCUT2D eigenvalue weighted by Gasteiger charge is 2.36. The maximum atomic E-state index is 12.9. The number of ether oxygens (including phenoxy) is 1. The van der Waals surface area contributed by atoms with Crippen LogP contribution in [-0.2, 0) is 27.3 Å². The summed E-state index contributed by atoms with van der Waals surface area (Å²) < 4.78 is 4.93. The van der Waals surface area contributed by atoms with Gasteiger partial charge in [-0.2, -0.15) is 0 Å². The minimum Gasteiger partial charge on any atom is -0.467 e. The summed E-state index contributed by atoms with van der Waals surface area (Å²) >= 11 is 0.